The zero-order chi connectivity index (χ0) is 28.6. The van der Waals surface area contributed by atoms with E-state index in [0.717, 1.165) is 21.9 Å². The molecule has 5 aromatic rings. The first kappa shape index (κ1) is 27.1. The Morgan fingerprint density at radius 1 is 0.756 bits per heavy atom. The van der Waals surface area contributed by atoms with Crippen LogP contribution in [0.3, 0.4) is 0 Å². The molecule has 0 saturated heterocycles. The number of amides is 1. The van der Waals surface area contributed by atoms with Crippen molar-refractivity contribution in [1.29, 1.82) is 0 Å². The van der Waals surface area contributed by atoms with Crippen molar-refractivity contribution in [1.82, 2.24) is 5.43 Å². The number of carbonyl (C=O) groups is 2. The zero-order valence-electron chi connectivity index (χ0n) is 22.6. The minimum Gasteiger partial charge on any atom is -0.497 e. The molecule has 1 atom stereocenters. The van der Waals surface area contributed by atoms with Crippen molar-refractivity contribution in [3.05, 3.63) is 126 Å². The Kier molecular flexibility index (Phi) is 8.35. The first-order chi connectivity index (χ1) is 20.0. The summed E-state index contributed by atoms with van der Waals surface area (Å²) in [6, 6.07) is 35.4. The van der Waals surface area contributed by atoms with Crippen molar-refractivity contribution in [3.63, 3.8) is 0 Å². The van der Waals surface area contributed by atoms with E-state index in [1.807, 2.05) is 84.9 Å². The minimum absolute atomic E-state index is 0.310. The van der Waals surface area contributed by atoms with Crippen LogP contribution in [0.25, 0.3) is 21.9 Å². The number of hydrogen-bond donors (Lipinski definition) is 1. The van der Waals surface area contributed by atoms with Crippen molar-refractivity contribution < 1.29 is 23.8 Å². The Bertz CT molecular complexity index is 1680. The number of nitrogens with zero attached hydrogens (tertiary/aromatic N) is 1. The Hall–Kier alpha value is -5.43. The van der Waals surface area contributed by atoms with Crippen molar-refractivity contribution in [2.24, 2.45) is 5.10 Å². The predicted octanol–water partition coefficient (Wildman–Crippen LogP) is 6.65. The molecule has 7 nitrogen and oxygen atoms in total. The van der Waals surface area contributed by atoms with Crippen LogP contribution < -0.4 is 19.6 Å². The average Bonchev–Trinajstić information content (AvgIpc) is 3.02. The third-order valence-electron chi connectivity index (χ3n) is 6.47. The fourth-order valence-electron chi connectivity index (χ4n) is 4.25. The normalized spacial score (nSPS) is 11.7. The summed E-state index contributed by atoms with van der Waals surface area (Å²) in [4.78, 5) is 25.6. The maximum absolute atomic E-state index is 12.9. The fraction of sp³-hybridized carbons (Fsp3) is 0.0882. The Morgan fingerprint density at radius 2 is 1.41 bits per heavy atom. The molecule has 41 heavy (non-hydrogen) atoms. The second-order valence-corrected chi connectivity index (χ2v) is 9.20. The Morgan fingerprint density at radius 3 is 2.15 bits per heavy atom. The molecule has 0 saturated carbocycles. The quantitative estimate of drug-likeness (QED) is 0.0972. The zero-order valence-corrected chi connectivity index (χ0v) is 22.6. The van der Waals surface area contributed by atoms with Gasteiger partial charge in [0.25, 0.3) is 5.91 Å². The van der Waals surface area contributed by atoms with Crippen LogP contribution in [0.15, 0.2) is 120 Å². The summed E-state index contributed by atoms with van der Waals surface area (Å²) >= 11 is 0. The van der Waals surface area contributed by atoms with Gasteiger partial charge in [0.2, 0.25) is 0 Å². The van der Waals surface area contributed by atoms with Gasteiger partial charge >= 0.3 is 5.97 Å². The monoisotopic (exact) mass is 544 g/mol. The molecule has 0 bridgehead atoms. The van der Waals surface area contributed by atoms with E-state index in [2.05, 4.69) is 10.5 Å². The number of nitrogens with one attached hydrogen (secondary N) is 1. The Labute approximate surface area is 238 Å². The van der Waals surface area contributed by atoms with E-state index in [9.17, 15) is 9.59 Å². The molecule has 1 amide bonds. The topological polar surface area (TPSA) is 86.2 Å². The highest BCUT2D eigenvalue weighted by molar-refractivity contribution is 6.04. The van der Waals surface area contributed by atoms with E-state index < -0.39 is 18.0 Å². The maximum atomic E-state index is 12.9. The van der Waals surface area contributed by atoms with Crippen LogP contribution in [0, 0.1) is 0 Å². The van der Waals surface area contributed by atoms with E-state index in [1.165, 1.54) is 6.21 Å². The molecule has 0 aromatic heterocycles. The van der Waals surface area contributed by atoms with Crippen LogP contribution in [0.1, 0.15) is 22.8 Å². The third-order valence-corrected chi connectivity index (χ3v) is 6.47. The van der Waals surface area contributed by atoms with Crippen LogP contribution in [-0.4, -0.2) is 31.3 Å². The summed E-state index contributed by atoms with van der Waals surface area (Å²) in [5, 5.41) is 5.90. The van der Waals surface area contributed by atoms with Gasteiger partial charge in [0.1, 0.15) is 17.2 Å². The van der Waals surface area contributed by atoms with Crippen LogP contribution in [0.5, 0.6) is 17.2 Å². The summed E-state index contributed by atoms with van der Waals surface area (Å²) in [5.41, 5.74) is 5.61. The smallest absolute Gasteiger partial charge is 0.343 e. The molecular weight excluding hydrogens is 516 g/mol. The van der Waals surface area contributed by atoms with E-state index in [4.69, 9.17) is 14.2 Å². The number of rotatable bonds is 9. The summed E-state index contributed by atoms with van der Waals surface area (Å²) in [7, 11) is 1.56. The van der Waals surface area contributed by atoms with Gasteiger partial charge in [0.05, 0.1) is 18.9 Å². The molecule has 204 valence electrons. The Balaban J connectivity index is 1.28. The molecule has 0 radical (unpaired) electrons. The van der Waals surface area contributed by atoms with Crippen LogP contribution in [0.2, 0.25) is 0 Å². The number of esters is 1. The van der Waals surface area contributed by atoms with Crippen LogP contribution in [0.4, 0.5) is 0 Å². The van der Waals surface area contributed by atoms with Gasteiger partial charge in [0.15, 0.2) is 6.10 Å². The number of carbonyl (C=O) groups excluding carboxylic acids is 2. The van der Waals surface area contributed by atoms with E-state index in [1.54, 1.807) is 44.4 Å². The highest BCUT2D eigenvalue weighted by Gasteiger charge is 2.16. The number of fused-ring (bicyclic) bond motifs is 1. The largest absolute Gasteiger partial charge is 0.497 e. The molecule has 0 aliphatic heterocycles. The number of hydrogen-bond acceptors (Lipinski definition) is 6. The van der Waals surface area contributed by atoms with Crippen molar-refractivity contribution in [2.75, 3.05) is 7.11 Å². The highest BCUT2D eigenvalue weighted by Crippen LogP contribution is 2.28. The van der Waals surface area contributed by atoms with E-state index in [0.29, 0.717) is 28.4 Å². The summed E-state index contributed by atoms with van der Waals surface area (Å²) < 4.78 is 16.7. The third kappa shape index (κ3) is 6.59. The van der Waals surface area contributed by atoms with Gasteiger partial charge in [0, 0.05) is 5.56 Å². The number of hydrazone groups is 1. The summed E-state index contributed by atoms with van der Waals surface area (Å²) in [5.74, 6) is 0.564. The first-order valence-corrected chi connectivity index (χ1v) is 13.0. The van der Waals surface area contributed by atoms with Gasteiger partial charge in [-0.15, -0.1) is 0 Å². The highest BCUT2D eigenvalue weighted by atomic mass is 16.5. The van der Waals surface area contributed by atoms with Gasteiger partial charge in [-0.3, -0.25) is 4.79 Å². The van der Waals surface area contributed by atoms with Gasteiger partial charge in [-0.25, -0.2) is 10.2 Å². The molecular formula is C34H28N2O5. The van der Waals surface area contributed by atoms with Crippen molar-refractivity contribution in [2.45, 2.75) is 13.0 Å². The maximum Gasteiger partial charge on any atom is 0.343 e. The van der Waals surface area contributed by atoms with Crippen molar-refractivity contribution >= 4 is 28.9 Å². The fourth-order valence-corrected chi connectivity index (χ4v) is 4.25. The van der Waals surface area contributed by atoms with Gasteiger partial charge in [-0.05, 0) is 71.3 Å². The lowest BCUT2D eigenvalue weighted by Gasteiger charge is -2.14. The molecule has 1 unspecified atom stereocenters. The second kappa shape index (κ2) is 12.6. The molecule has 0 aliphatic carbocycles. The molecule has 5 rings (SSSR count). The first-order valence-electron chi connectivity index (χ1n) is 13.0. The molecule has 5 aromatic carbocycles. The molecule has 0 spiro atoms. The lowest BCUT2D eigenvalue weighted by molar-refractivity contribution is -0.127. The minimum atomic E-state index is -0.797. The SMILES string of the molecule is COc1ccc(C(=O)Oc2ccc3ccccc3c2/C=N/NC(=O)C(C)Oc2ccc(-c3ccccc3)cc2)cc1. The number of methoxy groups -OCH3 is 1. The standard InChI is InChI=1S/C34H28N2O5/c1-23(40-29-19-12-25(13-20-29)24-8-4-3-5-9-24)33(37)36-35-22-31-30-11-7-6-10-26(30)16-21-32(31)41-34(38)27-14-17-28(39-2)18-15-27/h3-23H,1-2H3,(H,36,37)/b35-22+. The van der Waals surface area contributed by atoms with Crippen LogP contribution >= 0.6 is 0 Å². The van der Waals surface area contributed by atoms with E-state index >= 15 is 0 Å². The molecule has 0 aliphatic rings. The van der Waals surface area contributed by atoms with Crippen molar-refractivity contribution in [3.8, 4) is 28.4 Å². The second-order valence-electron chi connectivity index (χ2n) is 9.20. The van der Waals surface area contributed by atoms with Crippen LogP contribution in [-0.2, 0) is 4.79 Å². The molecule has 0 heterocycles. The predicted molar refractivity (Wildman–Crippen MR) is 160 cm³/mol. The number of ether oxygens (including phenoxy) is 3. The van der Waals surface area contributed by atoms with Gasteiger partial charge in [-0.1, -0.05) is 72.8 Å². The van der Waals surface area contributed by atoms with Gasteiger partial charge < -0.3 is 14.2 Å². The lowest BCUT2D eigenvalue weighted by atomic mass is 10.0. The summed E-state index contributed by atoms with van der Waals surface area (Å²) in [6.07, 6.45) is 0.674. The molecule has 7 heteroatoms. The molecule has 0 fully saturated rings. The average molecular weight is 545 g/mol. The number of benzene rings is 5. The summed E-state index contributed by atoms with van der Waals surface area (Å²) in [6.45, 7) is 1.65. The van der Waals surface area contributed by atoms with E-state index in [-0.39, 0.29) is 0 Å². The lowest BCUT2D eigenvalue weighted by Crippen LogP contribution is -2.33. The van der Waals surface area contributed by atoms with Gasteiger partial charge in [-0.2, -0.15) is 5.10 Å². The molecule has 1 N–H and O–H groups in total.